The number of hydrogen-bond acceptors (Lipinski definition) is 8. The van der Waals surface area contributed by atoms with Crippen molar-refractivity contribution in [2.45, 2.75) is 39.2 Å². The van der Waals surface area contributed by atoms with Gasteiger partial charge in [0.2, 0.25) is 0 Å². The number of aromatic nitrogens is 2. The molecule has 1 atom stereocenters. The van der Waals surface area contributed by atoms with Gasteiger partial charge in [0, 0.05) is 6.54 Å². The first kappa shape index (κ1) is 19.8. The van der Waals surface area contributed by atoms with Gasteiger partial charge in [0.25, 0.3) is 0 Å². The zero-order valence-corrected chi connectivity index (χ0v) is 17.8. The van der Waals surface area contributed by atoms with Gasteiger partial charge < -0.3 is 14.5 Å². The Balaban J connectivity index is 1.65. The van der Waals surface area contributed by atoms with E-state index in [0.29, 0.717) is 17.2 Å². The maximum Gasteiger partial charge on any atom is 0.348 e. The summed E-state index contributed by atoms with van der Waals surface area (Å²) in [7, 11) is 1.40. The minimum Gasteiger partial charge on any atom is -0.468 e. The van der Waals surface area contributed by atoms with Crippen molar-refractivity contribution in [1.82, 2.24) is 14.9 Å². The second-order valence-corrected chi connectivity index (χ2v) is 8.36. The van der Waals surface area contributed by atoms with Gasteiger partial charge >= 0.3 is 5.97 Å². The van der Waals surface area contributed by atoms with Crippen LogP contribution in [-0.2, 0) is 4.74 Å². The van der Waals surface area contributed by atoms with Crippen LogP contribution in [0.25, 0.3) is 10.2 Å². The monoisotopic (exact) mass is 414 g/mol. The first-order valence-corrected chi connectivity index (χ1v) is 10.8. The second kappa shape index (κ2) is 8.51. The average Bonchev–Trinajstić information content (AvgIpc) is 3.37. The van der Waals surface area contributed by atoms with E-state index >= 15 is 0 Å². The van der Waals surface area contributed by atoms with Gasteiger partial charge in [-0.3, -0.25) is 4.90 Å². The Morgan fingerprint density at radius 3 is 2.79 bits per heavy atom. The van der Waals surface area contributed by atoms with Gasteiger partial charge in [-0.1, -0.05) is 6.42 Å². The molecule has 0 spiro atoms. The molecule has 0 saturated carbocycles. The highest BCUT2D eigenvalue weighted by Gasteiger charge is 2.26. The maximum atomic E-state index is 12.1. The van der Waals surface area contributed by atoms with E-state index in [1.54, 1.807) is 6.26 Å². The molecule has 0 amide bonds. The number of piperidine rings is 1. The van der Waals surface area contributed by atoms with Gasteiger partial charge in [0.15, 0.2) is 0 Å². The lowest BCUT2D eigenvalue weighted by molar-refractivity contribution is 0.0605. The molecule has 0 bridgehead atoms. The van der Waals surface area contributed by atoms with Gasteiger partial charge in [0.05, 0.1) is 24.8 Å². The van der Waals surface area contributed by atoms with E-state index in [9.17, 15) is 4.79 Å². The highest BCUT2D eigenvalue weighted by Crippen LogP contribution is 2.35. The number of fused-ring (bicyclic) bond motifs is 1. The van der Waals surface area contributed by atoms with E-state index < -0.39 is 0 Å². The lowest BCUT2D eigenvalue weighted by Gasteiger charge is -2.33. The number of anilines is 1. The molecule has 4 rings (SSSR count). The van der Waals surface area contributed by atoms with E-state index in [2.05, 4.69) is 20.2 Å². The minimum atomic E-state index is -0.337. The SMILES string of the molecule is COC(=O)c1sc2nc(C)nc(NC[C@@H](c3ccco3)N3CCCCC3)c2c1C. The van der Waals surface area contributed by atoms with E-state index in [-0.39, 0.29) is 12.0 Å². The van der Waals surface area contributed by atoms with Crippen LogP contribution in [0.1, 0.15) is 52.1 Å². The van der Waals surface area contributed by atoms with Crippen LogP contribution in [0.4, 0.5) is 5.82 Å². The normalized spacial score (nSPS) is 16.1. The Labute approximate surface area is 174 Å². The van der Waals surface area contributed by atoms with Crippen LogP contribution < -0.4 is 5.32 Å². The molecule has 8 heteroatoms. The number of thiophene rings is 1. The summed E-state index contributed by atoms with van der Waals surface area (Å²) < 4.78 is 10.7. The molecule has 7 nitrogen and oxygen atoms in total. The molecule has 3 aromatic rings. The number of carbonyl (C=O) groups is 1. The van der Waals surface area contributed by atoms with E-state index in [1.165, 1.54) is 37.7 Å². The molecule has 0 aromatic carbocycles. The predicted octanol–water partition coefficient (Wildman–Crippen LogP) is 4.33. The van der Waals surface area contributed by atoms with Crippen molar-refractivity contribution < 1.29 is 13.9 Å². The maximum absolute atomic E-state index is 12.1. The first-order valence-electron chi connectivity index (χ1n) is 9.96. The number of rotatable bonds is 6. The molecular formula is C21H26N4O3S. The lowest BCUT2D eigenvalue weighted by atomic mass is 10.1. The number of methoxy groups -OCH3 is 1. The second-order valence-electron chi connectivity index (χ2n) is 7.36. The molecule has 3 aromatic heterocycles. The van der Waals surface area contributed by atoms with Crippen molar-refractivity contribution in [1.29, 1.82) is 0 Å². The van der Waals surface area contributed by atoms with E-state index in [1.807, 2.05) is 26.0 Å². The molecule has 1 fully saturated rings. The van der Waals surface area contributed by atoms with E-state index in [0.717, 1.165) is 40.4 Å². The quantitative estimate of drug-likeness (QED) is 0.601. The van der Waals surface area contributed by atoms with Gasteiger partial charge in [-0.15, -0.1) is 11.3 Å². The first-order chi connectivity index (χ1) is 14.1. The van der Waals surface area contributed by atoms with Crippen LogP contribution in [0, 0.1) is 13.8 Å². The van der Waals surface area contributed by atoms with Gasteiger partial charge in [-0.05, 0) is 57.5 Å². The fraction of sp³-hybridized carbons (Fsp3) is 0.476. The van der Waals surface area contributed by atoms with Crippen LogP contribution in [0.3, 0.4) is 0 Å². The molecule has 0 unspecified atom stereocenters. The topological polar surface area (TPSA) is 80.5 Å². The van der Waals surface area contributed by atoms with Crippen molar-refractivity contribution in [2.24, 2.45) is 0 Å². The smallest absolute Gasteiger partial charge is 0.348 e. The molecule has 154 valence electrons. The highest BCUT2D eigenvalue weighted by molar-refractivity contribution is 7.20. The zero-order chi connectivity index (χ0) is 20.4. The molecular weight excluding hydrogens is 388 g/mol. The van der Waals surface area contributed by atoms with Crippen molar-refractivity contribution in [3.05, 3.63) is 40.4 Å². The number of ether oxygens (including phenoxy) is 1. The summed E-state index contributed by atoms with van der Waals surface area (Å²) in [5.74, 6) is 2.05. The Morgan fingerprint density at radius 2 is 2.10 bits per heavy atom. The summed E-state index contributed by atoms with van der Waals surface area (Å²) in [6.45, 7) is 6.59. The van der Waals surface area contributed by atoms with Crippen molar-refractivity contribution >= 4 is 33.3 Å². The van der Waals surface area contributed by atoms with Crippen molar-refractivity contribution in [3.63, 3.8) is 0 Å². The van der Waals surface area contributed by atoms with Crippen LogP contribution in [0.2, 0.25) is 0 Å². The number of aryl methyl sites for hydroxylation is 2. The number of likely N-dealkylation sites (tertiary alicyclic amines) is 1. The highest BCUT2D eigenvalue weighted by atomic mass is 32.1. The molecule has 1 aliphatic rings. The van der Waals surface area contributed by atoms with Crippen LogP contribution in [-0.4, -0.2) is 47.6 Å². The van der Waals surface area contributed by atoms with E-state index in [4.69, 9.17) is 9.15 Å². The number of esters is 1. The van der Waals surface area contributed by atoms with Crippen LogP contribution >= 0.6 is 11.3 Å². The molecule has 0 aliphatic carbocycles. The molecule has 1 saturated heterocycles. The third kappa shape index (κ3) is 4.00. The third-order valence-corrected chi connectivity index (χ3v) is 6.60. The summed E-state index contributed by atoms with van der Waals surface area (Å²) in [4.78, 5) is 25.1. The molecule has 1 aliphatic heterocycles. The summed E-state index contributed by atoms with van der Waals surface area (Å²) in [6, 6.07) is 4.10. The molecule has 0 radical (unpaired) electrons. The molecule has 4 heterocycles. The Bertz CT molecular complexity index is 993. The van der Waals surface area contributed by atoms with Crippen LogP contribution in [0.5, 0.6) is 0 Å². The Kier molecular flexibility index (Phi) is 5.82. The summed E-state index contributed by atoms with van der Waals surface area (Å²) >= 11 is 1.35. The fourth-order valence-electron chi connectivity index (χ4n) is 3.97. The Morgan fingerprint density at radius 1 is 1.31 bits per heavy atom. The Hall–Kier alpha value is -2.45. The minimum absolute atomic E-state index is 0.134. The summed E-state index contributed by atoms with van der Waals surface area (Å²) in [5, 5.41) is 4.41. The number of carbonyl (C=O) groups excluding carboxylic acids is 1. The number of nitrogens with one attached hydrogen (secondary N) is 1. The standard InChI is InChI=1S/C21H26N4O3S/c1-13-17-19(23-14(2)24-20(17)29-18(13)21(26)27-3)22-12-15(16-8-7-11-28-16)25-9-5-4-6-10-25/h7-8,11,15H,4-6,9-10,12H2,1-3H3,(H,22,23,24)/t15-/m0/s1. The van der Waals surface area contributed by atoms with Crippen LogP contribution in [0.15, 0.2) is 22.8 Å². The zero-order valence-electron chi connectivity index (χ0n) is 17.0. The van der Waals surface area contributed by atoms with Gasteiger partial charge in [-0.25, -0.2) is 14.8 Å². The number of nitrogens with zero attached hydrogens (tertiary/aromatic N) is 3. The predicted molar refractivity (Wildman–Crippen MR) is 114 cm³/mol. The largest absolute Gasteiger partial charge is 0.468 e. The third-order valence-electron chi connectivity index (χ3n) is 5.44. The fourth-order valence-corrected chi connectivity index (χ4v) is 5.12. The van der Waals surface area contributed by atoms with Gasteiger partial charge in [-0.2, -0.15) is 0 Å². The number of furan rings is 1. The van der Waals surface area contributed by atoms with Crippen molar-refractivity contribution in [3.8, 4) is 0 Å². The lowest BCUT2D eigenvalue weighted by Crippen LogP contribution is -2.37. The number of hydrogen-bond donors (Lipinski definition) is 1. The molecule has 1 N–H and O–H groups in total. The van der Waals surface area contributed by atoms with Crippen molar-refractivity contribution in [2.75, 3.05) is 32.1 Å². The summed E-state index contributed by atoms with van der Waals surface area (Å²) in [6.07, 6.45) is 5.43. The molecule has 29 heavy (non-hydrogen) atoms. The van der Waals surface area contributed by atoms with Gasteiger partial charge in [0.1, 0.15) is 27.1 Å². The summed E-state index contributed by atoms with van der Waals surface area (Å²) in [5.41, 5.74) is 0.854. The average molecular weight is 415 g/mol.